The van der Waals surface area contributed by atoms with E-state index >= 15 is 0 Å². The fourth-order valence-corrected chi connectivity index (χ4v) is 6.26. The van der Waals surface area contributed by atoms with Crippen LogP contribution in [0.5, 0.6) is 0 Å². The fraction of sp³-hybridized carbons (Fsp3) is 0.0625. The van der Waals surface area contributed by atoms with Crippen molar-refractivity contribution < 1.29 is 26.7 Å². The molecule has 0 radical (unpaired) electrons. The van der Waals surface area contributed by atoms with Crippen molar-refractivity contribution in [2.75, 3.05) is 0 Å². The molecule has 0 atom stereocenters. The van der Waals surface area contributed by atoms with E-state index in [1.54, 1.807) is 30.3 Å². The highest BCUT2D eigenvalue weighted by molar-refractivity contribution is 7.90. The Labute approximate surface area is 255 Å². The number of pyridine rings is 3. The maximum absolute atomic E-state index is 13.6. The predicted octanol–water partition coefficient (Wildman–Crippen LogP) is 3.99. The second-order valence-electron chi connectivity index (χ2n) is 10.0. The van der Waals surface area contributed by atoms with Gasteiger partial charge in [-0.3, -0.25) is 9.59 Å². The lowest BCUT2D eigenvalue weighted by Crippen LogP contribution is -2.38. The van der Waals surface area contributed by atoms with Gasteiger partial charge in [0.2, 0.25) is 5.69 Å². The van der Waals surface area contributed by atoms with E-state index in [1.165, 1.54) is 71.8 Å². The average molecular weight is 628 g/mol. The molecule has 6 aromatic rings. The molecule has 0 saturated heterocycles. The lowest BCUT2D eigenvalue weighted by molar-refractivity contribution is -0.614. The highest BCUT2D eigenvalue weighted by Gasteiger charge is 2.23. The van der Waals surface area contributed by atoms with Crippen LogP contribution in [0.3, 0.4) is 0 Å². The monoisotopic (exact) mass is 627 g/mol. The van der Waals surface area contributed by atoms with E-state index in [-0.39, 0.29) is 34.9 Å². The Morgan fingerprint density at radius 1 is 0.956 bits per heavy atom. The van der Waals surface area contributed by atoms with Crippen LogP contribution in [-0.4, -0.2) is 27.8 Å². The van der Waals surface area contributed by atoms with Gasteiger partial charge in [0.1, 0.15) is 12.1 Å². The van der Waals surface area contributed by atoms with Crippen LogP contribution in [0.2, 0.25) is 0 Å². The predicted molar refractivity (Wildman–Crippen MR) is 160 cm³/mol. The van der Waals surface area contributed by atoms with Gasteiger partial charge in [0, 0.05) is 41.7 Å². The number of hydrogen-bond acceptors (Lipinski definition) is 6. The first-order valence-corrected chi connectivity index (χ1v) is 15.0. The van der Waals surface area contributed by atoms with Crippen LogP contribution in [0.15, 0.2) is 119 Å². The van der Waals surface area contributed by atoms with Gasteiger partial charge in [0.15, 0.2) is 23.5 Å². The quantitative estimate of drug-likeness (QED) is 0.201. The van der Waals surface area contributed by atoms with Gasteiger partial charge in [-0.2, -0.15) is 4.73 Å². The van der Waals surface area contributed by atoms with Gasteiger partial charge in [-0.05, 0) is 59.7 Å². The average Bonchev–Trinajstić information content (AvgIpc) is 3.44. The van der Waals surface area contributed by atoms with Gasteiger partial charge in [-0.25, -0.2) is 26.2 Å². The molecule has 0 aliphatic heterocycles. The maximum Gasteiger partial charge on any atom is 0.269 e. The molecule has 4 heterocycles. The third-order valence-electron chi connectivity index (χ3n) is 7.17. The van der Waals surface area contributed by atoms with Crippen LogP contribution < -0.4 is 15.6 Å². The largest absolute Gasteiger partial charge is 0.618 e. The van der Waals surface area contributed by atoms with Crippen molar-refractivity contribution in [1.29, 1.82) is 0 Å². The second kappa shape index (κ2) is 11.8. The summed E-state index contributed by atoms with van der Waals surface area (Å²) in [7, 11) is -3.99. The first kappa shape index (κ1) is 29.4. The number of carbonyl (C=O) groups is 1. The summed E-state index contributed by atoms with van der Waals surface area (Å²) in [5.41, 5.74) is 0.764. The van der Waals surface area contributed by atoms with Crippen molar-refractivity contribution in [2.24, 2.45) is 0 Å². The van der Waals surface area contributed by atoms with E-state index < -0.39 is 33.1 Å². The molecule has 2 aromatic carbocycles. The number of aromatic nitrogens is 4. The maximum atomic E-state index is 13.6. The molecule has 226 valence electrons. The molecule has 0 spiro atoms. The van der Waals surface area contributed by atoms with Crippen molar-refractivity contribution >= 4 is 27.0 Å². The van der Waals surface area contributed by atoms with E-state index in [2.05, 4.69) is 10.3 Å². The molecule has 1 amide bonds. The van der Waals surface area contributed by atoms with E-state index in [4.69, 9.17) is 0 Å². The smallest absolute Gasteiger partial charge is 0.269 e. The van der Waals surface area contributed by atoms with Crippen LogP contribution in [0.1, 0.15) is 21.6 Å². The second-order valence-corrected chi connectivity index (χ2v) is 11.9. The summed E-state index contributed by atoms with van der Waals surface area (Å²) in [4.78, 5) is 30.4. The minimum Gasteiger partial charge on any atom is -0.618 e. The van der Waals surface area contributed by atoms with Crippen LogP contribution >= 0.6 is 0 Å². The molecular weight excluding hydrogens is 604 g/mol. The summed E-state index contributed by atoms with van der Waals surface area (Å²) in [6.07, 6.45) is 5.57. The van der Waals surface area contributed by atoms with Crippen molar-refractivity contribution in [3.63, 3.8) is 0 Å². The molecule has 0 saturated carbocycles. The standard InChI is InChI=1S/C32H23F2N5O5S/c33-28-11-10-21(16-29(28)34)19-37-14-5-9-26(32(37)41)31(40)36-18-23-17-22(12-15-38(23)42)27-20-39(30-25(27)8-4-13-35-30)45(43,44)24-6-2-1-3-7-24/h1-17,20H,18-19H2,(H,36,40). The van der Waals surface area contributed by atoms with Gasteiger partial charge in [0.05, 0.1) is 11.4 Å². The molecular formula is C32H23F2N5O5S. The molecule has 45 heavy (non-hydrogen) atoms. The molecule has 13 heteroatoms. The third-order valence-corrected chi connectivity index (χ3v) is 8.83. The SMILES string of the molecule is O=C(NCc1cc(-c2cn(S(=O)(=O)c3ccccc3)c3ncccc23)cc[n+]1[O-])c1cccn(Cc2ccc(F)c(F)c2)c1=O. The number of carbonyl (C=O) groups excluding carboxylic acids is 1. The zero-order valence-electron chi connectivity index (χ0n) is 23.3. The van der Waals surface area contributed by atoms with Crippen molar-refractivity contribution in [1.82, 2.24) is 18.8 Å². The van der Waals surface area contributed by atoms with Gasteiger partial charge < -0.3 is 15.1 Å². The van der Waals surface area contributed by atoms with Gasteiger partial charge in [0.25, 0.3) is 21.5 Å². The lowest BCUT2D eigenvalue weighted by Gasteiger charge is -2.10. The van der Waals surface area contributed by atoms with Gasteiger partial charge in [-0.1, -0.05) is 24.3 Å². The van der Waals surface area contributed by atoms with Gasteiger partial charge >= 0.3 is 0 Å². The van der Waals surface area contributed by atoms with Crippen LogP contribution in [0, 0.1) is 16.8 Å². The van der Waals surface area contributed by atoms with Crippen molar-refractivity contribution in [2.45, 2.75) is 18.0 Å². The minimum absolute atomic E-state index is 0.0813. The molecule has 0 aliphatic carbocycles. The number of nitrogens with zero attached hydrogens (tertiary/aromatic N) is 4. The summed E-state index contributed by atoms with van der Waals surface area (Å²) >= 11 is 0. The zero-order chi connectivity index (χ0) is 31.7. The summed E-state index contributed by atoms with van der Waals surface area (Å²) < 4.78 is 56.7. The molecule has 0 bridgehead atoms. The van der Waals surface area contributed by atoms with Crippen molar-refractivity contribution in [3.8, 4) is 11.1 Å². The first-order chi connectivity index (χ1) is 21.6. The summed E-state index contributed by atoms with van der Waals surface area (Å²) in [5.74, 6) is -2.82. The summed E-state index contributed by atoms with van der Waals surface area (Å²) in [5, 5.41) is 15.8. The number of amides is 1. The number of hydrogen-bond donors (Lipinski definition) is 1. The van der Waals surface area contributed by atoms with Gasteiger partial charge in [-0.15, -0.1) is 0 Å². The van der Waals surface area contributed by atoms with E-state index in [0.29, 0.717) is 26.8 Å². The molecule has 6 rings (SSSR count). The Morgan fingerprint density at radius 3 is 2.53 bits per heavy atom. The molecule has 10 nitrogen and oxygen atoms in total. The van der Waals surface area contributed by atoms with E-state index in [1.807, 2.05) is 0 Å². The highest BCUT2D eigenvalue weighted by Crippen LogP contribution is 2.32. The molecule has 1 N–H and O–H groups in total. The van der Waals surface area contributed by atoms with Crippen LogP contribution in [0.4, 0.5) is 8.78 Å². The number of fused-ring (bicyclic) bond motifs is 1. The Morgan fingerprint density at radius 2 is 1.76 bits per heavy atom. The minimum atomic E-state index is -3.99. The summed E-state index contributed by atoms with van der Waals surface area (Å²) in [6.45, 7) is -0.352. The molecule has 0 unspecified atom stereocenters. The van der Waals surface area contributed by atoms with Crippen molar-refractivity contribution in [3.05, 3.63) is 154 Å². The Hall–Kier alpha value is -5.69. The normalized spacial score (nSPS) is 11.5. The first-order valence-electron chi connectivity index (χ1n) is 13.5. The third kappa shape index (κ3) is 5.68. The van der Waals surface area contributed by atoms with E-state index in [0.717, 1.165) is 16.1 Å². The van der Waals surface area contributed by atoms with Crippen LogP contribution in [-0.2, 0) is 23.1 Å². The number of nitrogens with one attached hydrogen (secondary N) is 1. The zero-order valence-corrected chi connectivity index (χ0v) is 24.1. The highest BCUT2D eigenvalue weighted by atomic mass is 32.2. The fourth-order valence-electron chi connectivity index (χ4n) is 4.92. The van der Waals surface area contributed by atoms with Crippen LogP contribution in [0.25, 0.3) is 22.2 Å². The molecule has 0 fully saturated rings. The molecule has 0 aliphatic rings. The number of benzene rings is 2. The lowest BCUT2D eigenvalue weighted by atomic mass is 10.1. The Bertz CT molecular complexity index is 2250. The number of rotatable bonds is 8. The number of halogens is 2. The Kier molecular flexibility index (Phi) is 7.69. The Balaban J connectivity index is 1.27. The topological polar surface area (TPSA) is 130 Å². The van der Waals surface area contributed by atoms with E-state index in [9.17, 15) is 32.0 Å². The summed E-state index contributed by atoms with van der Waals surface area (Å²) in [6, 6.07) is 20.4. The molecule has 4 aromatic heterocycles.